The Hall–Kier alpha value is -2.82. The van der Waals surface area contributed by atoms with Gasteiger partial charge in [-0.05, 0) is 48.9 Å². The zero-order valence-corrected chi connectivity index (χ0v) is 11.6. The molecule has 0 aliphatic carbocycles. The standard InChI is InChI=1S/C16H16N2O3/c1-11(19)13-4-6-14(7-5-13)18-16(21)17-10-12-2-8-15(20)9-3-12/h2-9,20H,10H2,1H3,(H2,17,18,21). The van der Waals surface area contributed by atoms with E-state index in [4.69, 9.17) is 5.11 Å². The highest BCUT2D eigenvalue weighted by Crippen LogP contribution is 2.11. The van der Waals surface area contributed by atoms with Crippen LogP contribution in [0.15, 0.2) is 48.5 Å². The molecule has 5 heteroatoms. The molecule has 0 saturated carbocycles. The number of phenols is 1. The third-order valence-electron chi connectivity index (χ3n) is 2.94. The largest absolute Gasteiger partial charge is 0.508 e. The maximum absolute atomic E-state index is 11.7. The fourth-order valence-corrected chi connectivity index (χ4v) is 1.76. The highest BCUT2D eigenvalue weighted by atomic mass is 16.3. The van der Waals surface area contributed by atoms with Gasteiger partial charge in [0.15, 0.2) is 5.78 Å². The van der Waals surface area contributed by atoms with Crippen LogP contribution in [0.2, 0.25) is 0 Å². The number of phenolic OH excluding ortho intramolecular Hbond substituents is 1. The number of carbonyl (C=O) groups is 2. The van der Waals surface area contributed by atoms with Crippen LogP contribution in [0.4, 0.5) is 10.5 Å². The lowest BCUT2D eigenvalue weighted by molar-refractivity contribution is 0.101. The maximum atomic E-state index is 11.7. The van der Waals surface area contributed by atoms with Gasteiger partial charge in [-0.1, -0.05) is 12.1 Å². The van der Waals surface area contributed by atoms with E-state index in [1.807, 2.05) is 0 Å². The first-order chi connectivity index (χ1) is 10.0. The van der Waals surface area contributed by atoms with E-state index in [1.54, 1.807) is 48.5 Å². The second-order valence-corrected chi connectivity index (χ2v) is 4.61. The molecular formula is C16H16N2O3. The van der Waals surface area contributed by atoms with Crippen molar-refractivity contribution in [1.29, 1.82) is 0 Å². The number of hydrogen-bond donors (Lipinski definition) is 3. The maximum Gasteiger partial charge on any atom is 0.319 e. The molecule has 0 aliphatic rings. The number of Topliss-reactive ketones (excluding diaryl/α,β-unsaturated/α-hetero) is 1. The van der Waals surface area contributed by atoms with Crippen LogP contribution in [0.1, 0.15) is 22.8 Å². The molecule has 0 heterocycles. The van der Waals surface area contributed by atoms with E-state index in [1.165, 1.54) is 6.92 Å². The van der Waals surface area contributed by atoms with Crippen molar-refractivity contribution >= 4 is 17.5 Å². The molecule has 0 bridgehead atoms. The Kier molecular flexibility index (Phi) is 4.56. The van der Waals surface area contributed by atoms with E-state index >= 15 is 0 Å². The fourth-order valence-electron chi connectivity index (χ4n) is 1.76. The Bertz CT molecular complexity index is 634. The molecule has 0 atom stereocenters. The molecule has 0 saturated heterocycles. The van der Waals surface area contributed by atoms with Crippen LogP contribution in [0.3, 0.4) is 0 Å². The van der Waals surface area contributed by atoms with Gasteiger partial charge in [0.1, 0.15) is 5.75 Å². The lowest BCUT2D eigenvalue weighted by Crippen LogP contribution is -2.28. The predicted molar refractivity (Wildman–Crippen MR) is 80.4 cm³/mol. The molecule has 2 aromatic rings. The van der Waals surface area contributed by atoms with Crippen molar-refractivity contribution in [2.75, 3.05) is 5.32 Å². The van der Waals surface area contributed by atoms with Gasteiger partial charge in [0, 0.05) is 17.8 Å². The minimum atomic E-state index is -0.335. The highest BCUT2D eigenvalue weighted by Gasteiger charge is 2.03. The van der Waals surface area contributed by atoms with E-state index in [2.05, 4.69) is 10.6 Å². The van der Waals surface area contributed by atoms with Gasteiger partial charge in [-0.3, -0.25) is 4.79 Å². The number of urea groups is 1. The van der Waals surface area contributed by atoms with Crippen molar-refractivity contribution in [3.63, 3.8) is 0 Å². The van der Waals surface area contributed by atoms with Gasteiger partial charge >= 0.3 is 6.03 Å². The fraction of sp³-hybridized carbons (Fsp3) is 0.125. The van der Waals surface area contributed by atoms with E-state index in [0.717, 1.165) is 5.56 Å². The average Bonchev–Trinajstić information content (AvgIpc) is 2.47. The Morgan fingerprint density at radius 3 is 2.19 bits per heavy atom. The van der Waals surface area contributed by atoms with Gasteiger partial charge in [-0.25, -0.2) is 4.79 Å². The molecule has 2 rings (SSSR count). The summed E-state index contributed by atoms with van der Waals surface area (Å²) in [6.45, 7) is 1.85. The minimum absolute atomic E-state index is 0.0154. The van der Waals surface area contributed by atoms with E-state index in [0.29, 0.717) is 17.8 Å². The zero-order chi connectivity index (χ0) is 15.2. The van der Waals surface area contributed by atoms with Gasteiger partial charge in [-0.15, -0.1) is 0 Å². The molecule has 2 aromatic carbocycles. The molecule has 0 unspecified atom stereocenters. The van der Waals surface area contributed by atoms with Crippen molar-refractivity contribution in [2.24, 2.45) is 0 Å². The van der Waals surface area contributed by atoms with E-state index < -0.39 is 0 Å². The Labute approximate surface area is 122 Å². The molecule has 21 heavy (non-hydrogen) atoms. The topological polar surface area (TPSA) is 78.4 Å². The van der Waals surface area contributed by atoms with Crippen LogP contribution in [0.25, 0.3) is 0 Å². The Balaban J connectivity index is 1.86. The number of anilines is 1. The highest BCUT2D eigenvalue weighted by molar-refractivity contribution is 5.95. The summed E-state index contributed by atoms with van der Waals surface area (Å²) in [6.07, 6.45) is 0. The lowest BCUT2D eigenvalue weighted by atomic mass is 10.1. The molecule has 108 valence electrons. The quantitative estimate of drug-likeness (QED) is 0.755. The third-order valence-corrected chi connectivity index (χ3v) is 2.94. The van der Waals surface area contributed by atoms with Gasteiger partial charge in [0.05, 0.1) is 0 Å². The molecule has 0 spiro atoms. The Morgan fingerprint density at radius 2 is 1.62 bits per heavy atom. The van der Waals surface area contributed by atoms with Crippen molar-refractivity contribution < 1.29 is 14.7 Å². The smallest absolute Gasteiger partial charge is 0.319 e. The molecule has 2 amide bonds. The average molecular weight is 284 g/mol. The van der Waals surface area contributed by atoms with Gasteiger partial charge < -0.3 is 15.7 Å². The van der Waals surface area contributed by atoms with Gasteiger partial charge in [0.2, 0.25) is 0 Å². The lowest BCUT2D eigenvalue weighted by Gasteiger charge is -2.08. The van der Waals surface area contributed by atoms with Gasteiger partial charge in [0.25, 0.3) is 0 Å². The number of nitrogens with one attached hydrogen (secondary N) is 2. The minimum Gasteiger partial charge on any atom is -0.508 e. The summed E-state index contributed by atoms with van der Waals surface area (Å²) in [6, 6.07) is 12.9. The first-order valence-electron chi connectivity index (χ1n) is 6.48. The number of rotatable bonds is 4. The second-order valence-electron chi connectivity index (χ2n) is 4.61. The summed E-state index contributed by atoms with van der Waals surface area (Å²) in [5.41, 5.74) is 2.10. The summed E-state index contributed by atoms with van der Waals surface area (Å²) in [5.74, 6) is 0.173. The van der Waals surface area contributed by atoms with Crippen molar-refractivity contribution in [3.8, 4) is 5.75 Å². The first-order valence-corrected chi connectivity index (χ1v) is 6.48. The normalized spacial score (nSPS) is 9.95. The number of ketones is 1. The summed E-state index contributed by atoms with van der Waals surface area (Å²) < 4.78 is 0. The van der Waals surface area contributed by atoms with Crippen LogP contribution in [-0.4, -0.2) is 16.9 Å². The van der Waals surface area contributed by atoms with Crippen molar-refractivity contribution in [2.45, 2.75) is 13.5 Å². The molecule has 0 fully saturated rings. The summed E-state index contributed by atoms with van der Waals surface area (Å²) in [4.78, 5) is 22.9. The predicted octanol–water partition coefficient (Wildman–Crippen LogP) is 2.92. The third kappa shape index (κ3) is 4.35. The van der Waals surface area contributed by atoms with Crippen LogP contribution in [-0.2, 0) is 6.54 Å². The van der Waals surface area contributed by atoms with Crippen LogP contribution >= 0.6 is 0 Å². The van der Waals surface area contributed by atoms with Crippen LogP contribution in [0, 0.1) is 0 Å². The molecule has 0 radical (unpaired) electrons. The molecule has 5 nitrogen and oxygen atoms in total. The molecular weight excluding hydrogens is 268 g/mol. The summed E-state index contributed by atoms with van der Waals surface area (Å²) >= 11 is 0. The molecule has 3 N–H and O–H groups in total. The number of carbonyl (C=O) groups excluding carboxylic acids is 2. The van der Waals surface area contributed by atoms with E-state index in [-0.39, 0.29) is 17.6 Å². The zero-order valence-electron chi connectivity index (χ0n) is 11.6. The first kappa shape index (κ1) is 14.6. The number of aromatic hydroxyl groups is 1. The van der Waals surface area contributed by atoms with Gasteiger partial charge in [-0.2, -0.15) is 0 Å². The Morgan fingerprint density at radius 1 is 1.00 bits per heavy atom. The second kappa shape index (κ2) is 6.56. The number of benzene rings is 2. The number of amides is 2. The van der Waals surface area contributed by atoms with Crippen LogP contribution in [0.5, 0.6) is 5.75 Å². The SMILES string of the molecule is CC(=O)c1ccc(NC(=O)NCc2ccc(O)cc2)cc1. The summed E-state index contributed by atoms with van der Waals surface area (Å²) in [5, 5.41) is 14.6. The van der Waals surface area contributed by atoms with Crippen LogP contribution < -0.4 is 10.6 Å². The monoisotopic (exact) mass is 284 g/mol. The van der Waals surface area contributed by atoms with Crippen molar-refractivity contribution in [3.05, 3.63) is 59.7 Å². The molecule has 0 aromatic heterocycles. The number of hydrogen-bond acceptors (Lipinski definition) is 3. The van der Waals surface area contributed by atoms with Crippen molar-refractivity contribution in [1.82, 2.24) is 5.32 Å². The molecule has 0 aliphatic heterocycles. The summed E-state index contributed by atoms with van der Waals surface area (Å²) in [7, 11) is 0. The van der Waals surface area contributed by atoms with E-state index in [9.17, 15) is 9.59 Å².